The molecular weight excluding hydrogens is 320 g/mol. The average molecular weight is 342 g/mol. The van der Waals surface area contributed by atoms with Crippen LogP contribution in [0.4, 0.5) is 0 Å². The van der Waals surface area contributed by atoms with Gasteiger partial charge in [0.2, 0.25) is 17.7 Å². The van der Waals surface area contributed by atoms with Gasteiger partial charge in [-0.15, -0.1) is 0 Å². The van der Waals surface area contributed by atoms with Gasteiger partial charge in [-0.2, -0.15) is 4.98 Å². The number of rotatable bonds is 5. The summed E-state index contributed by atoms with van der Waals surface area (Å²) in [6.45, 7) is 2.77. The SMILES string of the molecule is Cc1noc(CCCC(=O)N2CCNC(=O)C[C@@H]2c2ccccc2)n1. The maximum atomic E-state index is 12.8. The Labute approximate surface area is 146 Å². The van der Waals surface area contributed by atoms with Crippen LogP contribution in [0.5, 0.6) is 0 Å². The number of carbonyl (C=O) groups is 2. The molecule has 1 saturated heterocycles. The topological polar surface area (TPSA) is 88.3 Å². The van der Waals surface area contributed by atoms with Gasteiger partial charge in [-0.3, -0.25) is 9.59 Å². The number of nitrogens with one attached hydrogen (secondary N) is 1. The summed E-state index contributed by atoms with van der Waals surface area (Å²) in [4.78, 5) is 30.7. The number of aryl methyl sites for hydroxylation is 2. The molecule has 0 radical (unpaired) electrons. The van der Waals surface area contributed by atoms with E-state index in [2.05, 4.69) is 15.5 Å². The van der Waals surface area contributed by atoms with Crippen LogP contribution in [-0.2, 0) is 16.0 Å². The van der Waals surface area contributed by atoms with Crippen LogP contribution in [0.15, 0.2) is 34.9 Å². The summed E-state index contributed by atoms with van der Waals surface area (Å²) in [5.41, 5.74) is 0.987. The molecule has 3 rings (SSSR count). The third-order valence-corrected chi connectivity index (χ3v) is 4.29. The average Bonchev–Trinajstić information content (AvgIpc) is 2.92. The van der Waals surface area contributed by atoms with Gasteiger partial charge in [0, 0.05) is 25.9 Å². The van der Waals surface area contributed by atoms with Crippen LogP contribution in [0.25, 0.3) is 0 Å². The van der Waals surface area contributed by atoms with Gasteiger partial charge in [0.05, 0.1) is 12.5 Å². The lowest BCUT2D eigenvalue weighted by atomic mass is 10.0. The van der Waals surface area contributed by atoms with E-state index in [4.69, 9.17) is 4.52 Å². The van der Waals surface area contributed by atoms with E-state index in [0.717, 1.165) is 5.56 Å². The number of benzene rings is 1. The maximum Gasteiger partial charge on any atom is 0.226 e. The minimum atomic E-state index is -0.221. The van der Waals surface area contributed by atoms with E-state index in [0.29, 0.717) is 50.5 Å². The van der Waals surface area contributed by atoms with Gasteiger partial charge >= 0.3 is 0 Å². The van der Waals surface area contributed by atoms with Crippen LogP contribution in [0.3, 0.4) is 0 Å². The highest BCUT2D eigenvalue weighted by Gasteiger charge is 2.29. The molecule has 0 spiro atoms. The molecule has 1 fully saturated rings. The van der Waals surface area contributed by atoms with E-state index < -0.39 is 0 Å². The van der Waals surface area contributed by atoms with Gasteiger partial charge in [-0.25, -0.2) is 0 Å². The smallest absolute Gasteiger partial charge is 0.226 e. The third-order valence-electron chi connectivity index (χ3n) is 4.29. The normalized spacial score (nSPS) is 17.9. The van der Waals surface area contributed by atoms with Gasteiger partial charge in [0.15, 0.2) is 5.82 Å². The Hall–Kier alpha value is -2.70. The molecular formula is C18H22N4O3. The number of aromatic nitrogens is 2. The Morgan fingerprint density at radius 3 is 2.88 bits per heavy atom. The molecule has 1 N–H and O–H groups in total. The van der Waals surface area contributed by atoms with Gasteiger partial charge in [0.25, 0.3) is 0 Å². The minimum absolute atomic E-state index is 0.0227. The van der Waals surface area contributed by atoms with E-state index in [1.807, 2.05) is 35.2 Å². The molecule has 25 heavy (non-hydrogen) atoms. The molecule has 2 aromatic rings. The summed E-state index contributed by atoms with van der Waals surface area (Å²) in [6.07, 6.45) is 1.89. The molecule has 0 unspecified atom stereocenters. The van der Waals surface area contributed by atoms with Crippen molar-refractivity contribution < 1.29 is 14.1 Å². The highest BCUT2D eigenvalue weighted by molar-refractivity contribution is 5.81. The highest BCUT2D eigenvalue weighted by atomic mass is 16.5. The van der Waals surface area contributed by atoms with Crippen molar-refractivity contribution in [1.82, 2.24) is 20.4 Å². The molecule has 7 nitrogen and oxygen atoms in total. The van der Waals surface area contributed by atoms with Crippen LogP contribution in [0.1, 0.15) is 42.6 Å². The highest BCUT2D eigenvalue weighted by Crippen LogP contribution is 2.26. The Bertz CT molecular complexity index is 729. The Balaban J connectivity index is 1.66. The standard InChI is InChI=1S/C18H22N4O3/c1-13-20-17(25-21-13)8-5-9-18(24)22-11-10-19-16(23)12-15(22)14-6-3-2-4-7-14/h2-4,6-7,15H,5,8-12H2,1H3,(H,19,23)/t15-/m1/s1. The van der Waals surface area contributed by atoms with E-state index in [9.17, 15) is 9.59 Å². The molecule has 0 aliphatic carbocycles. The third kappa shape index (κ3) is 4.43. The number of hydrogen-bond donors (Lipinski definition) is 1. The molecule has 1 aliphatic rings. The molecule has 0 bridgehead atoms. The van der Waals surface area contributed by atoms with Gasteiger partial charge in [0.1, 0.15) is 0 Å². The number of hydrogen-bond acceptors (Lipinski definition) is 5. The largest absolute Gasteiger partial charge is 0.354 e. The number of nitrogens with zero attached hydrogens (tertiary/aromatic N) is 3. The van der Waals surface area contributed by atoms with Gasteiger partial charge in [-0.05, 0) is 18.9 Å². The Morgan fingerprint density at radius 2 is 2.16 bits per heavy atom. The van der Waals surface area contributed by atoms with Gasteiger partial charge in [-0.1, -0.05) is 35.5 Å². The lowest BCUT2D eigenvalue weighted by Crippen LogP contribution is -2.36. The first-order chi connectivity index (χ1) is 12.1. The number of carbonyl (C=O) groups excluding carboxylic acids is 2. The predicted octanol–water partition coefficient (Wildman–Crippen LogP) is 1.79. The molecule has 1 aromatic heterocycles. The quantitative estimate of drug-likeness (QED) is 0.895. The van der Waals surface area contributed by atoms with Crippen molar-refractivity contribution in [3.63, 3.8) is 0 Å². The molecule has 7 heteroatoms. The fourth-order valence-corrected chi connectivity index (χ4v) is 3.08. The second kappa shape index (κ2) is 7.92. The summed E-state index contributed by atoms with van der Waals surface area (Å²) in [7, 11) is 0. The molecule has 1 aromatic carbocycles. The van der Waals surface area contributed by atoms with Gasteiger partial charge < -0.3 is 14.7 Å². The van der Waals surface area contributed by atoms with Crippen LogP contribution in [-0.4, -0.2) is 39.9 Å². The summed E-state index contributed by atoms with van der Waals surface area (Å²) < 4.78 is 5.08. The Morgan fingerprint density at radius 1 is 1.36 bits per heavy atom. The molecule has 2 amide bonds. The zero-order valence-electron chi connectivity index (χ0n) is 14.3. The van der Waals surface area contributed by atoms with E-state index in [1.54, 1.807) is 6.92 Å². The first-order valence-electron chi connectivity index (χ1n) is 8.54. The van der Waals surface area contributed by atoms with Crippen molar-refractivity contribution >= 4 is 11.8 Å². The predicted molar refractivity (Wildman–Crippen MR) is 90.5 cm³/mol. The first-order valence-corrected chi connectivity index (χ1v) is 8.54. The van der Waals surface area contributed by atoms with E-state index in [-0.39, 0.29) is 17.9 Å². The summed E-state index contributed by atoms with van der Waals surface area (Å²) in [6, 6.07) is 9.49. The van der Waals surface area contributed by atoms with E-state index in [1.165, 1.54) is 0 Å². The maximum absolute atomic E-state index is 12.8. The second-order valence-electron chi connectivity index (χ2n) is 6.16. The van der Waals surface area contributed by atoms with Crippen LogP contribution >= 0.6 is 0 Å². The van der Waals surface area contributed by atoms with E-state index >= 15 is 0 Å². The van der Waals surface area contributed by atoms with Crippen molar-refractivity contribution in [3.8, 4) is 0 Å². The van der Waals surface area contributed by atoms with Crippen LogP contribution in [0.2, 0.25) is 0 Å². The summed E-state index contributed by atoms with van der Waals surface area (Å²) in [5, 5.41) is 6.60. The molecule has 1 aliphatic heterocycles. The van der Waals surface area contributed by atoms with Crippen LogP contribution < -0.4 is 5.32 Å². The monoisotopic (exact) mass is 342 g/mol. The zero-order valence-corrected chi connectivity index (χ0v) is 14.3. The zero-order chi connectivity index (χ0) is 17.6. The summed E-state index contributed by atoms with van der Waals surface area (Å²) in [5.74, 6) is 1.17. The summed E-state index contributed by atoms with van der Waals surface area (Å²) >= 11 is 0. The molecule has 1 atom stereocenters. The Kier molecular flexibility index (Phi) is 5.42. The minimum Gasteiger partial charge on any atom is -0.354 e. The van der Waals surface area contributed by atoms with Crippen molar-refractivity contribution in [1.29, 1.82) is 0 Å². The van der Waals surface area contributed by atoms with Crippen molar-refractivity contribution in [2.45, 2.75) is 38.6 Å². The lowest BCUT2D eigenvalue weighted by molar-refractivity contribution is -0.133. The number of amides is 2. The fourth-order valence-electron chi connectivity index (χ4n) is 3.08. The van der Waals surface area contributed by atoms with Crippen molar-refractivity contribution in [3.05, 3.63) is 47.6 Å². The molecule has 132 valence electrons. The fraction of sp³-hybridized carbons (Fsp3) is 0.444. The first kappa shape index (κ1) is 17.1. The van der Waals surface area contributed by atoms with Crippen LogP contribution in [0, 0.1) is 6.92 Å². The molecule has 0 saturated carbocycles. The van der Waals surface area contributed by atoms with Crippen molar-refractivity contribution in [2.75, 3.05) is 13.1 Å². The van der Waals surface area contributed by atoms with Crippen molar-refractivity contribution in [2.24, 2.45) is 0 Å². The molecule has 2 heterocycles. The second-order valence-corrected chi connectivity index (χ2v) is 6.16. The lowest BCUT2D eigenvalue weighted by Gasteiger charge is -2.29.